The van der Waals surface area contributed by atoms with Gasteiger partial charge < -0.3 is 5.73 Å². The highest BCUT2D eigenvalue weighted by Gasteiger charge is 2.42. The summed E-state index contributed by atoms with van der Waals surface area (Å²) in [5.41, 5.74) is 1.65. The summed E-state index contributed by atoms with van der Waals surface area (Å²) in [5, 5.41) is 0. The summed E-state index contributed by atoms with van der Waals surface area (Å²) in [5.74, 6) is -2.00. The zero-order valence-corrected chi connectivity index (χ0v) is 8.03. The molecule has 1 aromatic carbocycles. The second kappa shape index (κ2) is 4.17. The first-order valence-electron chi connectivity index (χ1n) is 4.23. The number of nitrogens with two attached hydrogens (primary N) is 1. The van der Waals surface area contributed by atoms with Gasteiger partial charge in [-0.1, -0.05) is 12.1 Å². The molecule has 8 heteroatoms. The van der Waals surface area contributed by atoms with Gasteiger partial charge in [0, 0.05) is 5.56 Å². The van der Waals surface area contributed by atoms with Gasteiger partial charge in [-0.15, -0.1) is 0 Å². The fourth-order valence-corrected chi connectivity index (χ4v) is 1.19. The molecule has 1 aromatic rings. The van der Waals surface area contributed by atoms with Crippen LogP contribution in [0.25, 0.3) is 0 Å². The molecule has 1 atom stereocenters. The van der Waals surface area contributed by atoms with Crippen molar-refractivity contribution in [3.63, 3.8) is 0 Å². The molecule has 0 bridgehead atoms. The third kappa shape index (κ3) is 2.87. The van der Waals surface area contributed by atoms with E-state index in [9.17, 15) is 30.7 Å². The molecule has 0 saturated heterocycles. The molecule has 0 spiro atoms. The Morgan fingerprint density at radius 1 is 1.00 bits per heavy atom. The van der Waals surface area contributed by atoms with Crippen LogP contribution in [-0.4, -0.2) is 6.18 Å². The summed E-state index contributed by atoms with van der Waals surface area (Å²) < 4.78 is 86.4. The molecule has 0 aromatic heterocycles. The quantitative estimate of drug-likeness (QED) is 0.770. The first-order chi connectivity index (χ1) is 7.55. The molecule has 2 N–H and O–H groups in total. The van der Waals surface area contributed by atoms with Crippen molar-refractivity contribution in [3.8, 4) is 0 Å². The summed E-state index contributed by atoms with van der Waals surface area (Å²) in [4.78, 5) is 0. The Balaban J connectivity index is 3.30. The highest BCUT2D eigenvalue weighted by molar-refractivity contribution is 5.30. The summed E-state index contributed by atoms with van der Waals surface area (Å²) in [6.45, 7) is 0. The lowest BCUT2D eigenvalue weighted by Gasteiger charge is -2.18. The van der Waals surface area contributed by atoms with E-state index in [1.165, 1.54) is 0 Å². The lowest BCUT2D eigenvalue weighted by atomic mass is 10.0. The molecule has 0 aliphatic rings. The summed E-state index contributed by atoms with van der Waals surface area (Å²) in [6, 6.07) is -1.19. The Hall–Kier alpha value is -1.31. The topological polar surface area (TPSA) is 26.0 Å². The third-order valence-electron chi connectivity index (χ3n) is 2.02. The van der Waals surface area contributed by atoms with Gasteiger partial charge in [0.05, 0.1) is 5.56 Å². The second-order valence-electron chi connectivity index (χ2n) is 3.23. The van der Waals surface area contributed by atoms with Crippen LogP contribution in [0.15, 0.2) is 18.2 Å². The van der Waals surface area contributed by atoms with Crippen molar-refractivity contribution in [1.29, 1.82) is 0 Å². The molecule has 0 saturated carbocycles. The SMILES string of the molecule is N[C@H](c1cccc(C(F)(F)F)c1F)C(F)(F)F. The minimum Gasteiger partial charge on any atom is -0.316 e. The average molecular weight is 261 g/mol. The fraction of sp³-hybridized carbons (Fsp3) is 0.333. The van der Waals surface area contributed by atoms with Crippen LogP contribution in [0.1, 0.15) is 17.2 Å². The van der Waals surface area contributed by atoms with Crippen LogP contribution in [-0.2, 0) is 6.18 Å². The van der Waals surface area contributed by atoms with Crippen molar-refractivity contribution in [2.24, 2.45) is 5.73 Å². The summed E-state index contributed by atoms with van der Waals surface area (Å²) in [7, 11) is 0. The van der Waals surface area contributed by atoms with Gasteiger partial charge in [-0.25, -0.2) is 4.39 Å². The number of halogens is 7. The molecule has 1 nitrogen and oxygen atoms in total. The van der Waals surface area contributed by atoms with Crippen LogP contribution in [0.5, 0.6) is 0 Å². The largest absolute Gasteiger partial charge is 0.419 e. The first kappa shape index (κ1) is 13.8. The maximum atomic E-state index is 13.2. The molecule has 0 unspecified atom stereocenters. The van der Waals surface area contributed by atoms with Crippen molar-refractivity contribution in [3.05, 3.63) is 35.1 Å². The van der Waals surface area contributed by atoms with E-state index in [4.69, 9.17) is 0 Å². The van der Waals surface area contributed by atoms with E-state index < -0.39 is 35.3 Å². The van der Waals surface area contributed by atoms with Gasteiger partial charge in [0.2, 0.25) is 0 Å². The van der Waals surface area contributed by atoms with Crippen molar-refractivity contribution in [2.45, 2.75) is 18.4 Å². The minimum absolute atomic E-state index is 0.349. The van der Waals surface area contributed by atoms with Crippen molar-refractivity contribution < 1.29 is 30.7 Å². The molecule has 0 aliphatic heterocycles. The van der Waals surface area contributed by atoms with E-state index >= 15 is 0 Å². The molecular formula is C9H6F7N. The van der Waals surface area contributed by atoms with Gasteiger partial charge >= 0.3 is 12.4 Å². The lowest BCUT2D eigenvalue weighted by Crippen LogP contribution is -2.30. The van der Waals surface area contributed by atoms with Crippen molar-refractivity contribution >= 4 is 0 Å². The normalized spacial score (nSPS) is 14.8. The Labute approximate surface area is 91.0 Å². The summed E-state index contributed by atoms with van der Waals surface area (Å²) in [6.07, 6.45) is -10.1. The predicted molar refractivity (Wildman–Crippen MR) is 44.4 cm³/mol. The third-order valence-corrected chi connectivity index (χ3v) is 2.02. The molecule has 0 aliphatic carbocycles. The van der Waals surface area contributed by atoms with E-state index in [2.05, 4.69) is 5.73 Å². The molecule has 1 rings (SSSR count). The molecule has 0 amide bonds. The van der Waals surface area contributed by atoms with Crippen LogP contribution in [0, 0.1) is 5.82 Å². The number of rotatable bonds is 1. The van der Waals surface area contributed by atoms with Crippen LogP contribution in [0.3, 0.4) is 0 Å². The van der Waals surface area contributed by atoms with E-state index in [0.29, 0.717) is 18.2 Å². The standard InChI is InChI=1S/C9H6F7N/c10-6-4(7(17)9(14,15)16)2-1-3-5(6)8(11,12)13/h1-3,7H,17H2/t7-/m1/s1. The monoisotopic (exact) mass is 261 g/mol. The Kier molecular flexibility index (Phi) is 3.37. The first-order valence-corrected chi connectivity index (χ1v) is 4.23. The highest BCUT2D eigenvalue weighted by Crippen LogP contribution is 2.37. The molecule has 0 radical (unpaired) electrons. The molecule has 0 fully saturated rings. The van der Waals surface area contributed by atoms with Crippen molar-refractivity contribution in [1.82, 2.24) is 0 Å². The maximum absolute atomic E-state index is 13.2. The van der Waals surface area contributed by atoms with Gasteiger partial charge in [-0.05, 0) is 6.07 Å². The number of hydrogen-bond donors (Lipinski definition) is 1. The minimum atomic E-state index is -5.06. The van der Waals surface area contributed by atoms with Gasteiger partial charge in [-0.2, -0.15) is 26.3 Å². The zero-order valence-electron chi connectivity index (χ0n) is 8.03. The van der Waals surface area contributed by atoms with E-state index in [0.717, 1.165) is 0 Å². The summed E-state index contributed by atoms with van der Waals surface area (Å²) >= 11 is 0. The zero-order chi connectivity index (χ0) is 13.4. The second-order valence-corrected chi connectivity index (χ2v) is 3.23. The Morgan fingerprint density at radius 3 is 1.94 bits per heavy atom. The fourth-order valence-electron chi connectivity index (χ4n) is 1.19. The number of alkyl halides is 6. The average Bonchev–Trinajstić information content (AvgIpc) is 2.13. The Morgan fingerprint density at radius 2 is 1.53 bits per heavy atom. The molecule has 0 heterocycles. The molecular weight excluding hydrogens is 255 g/mol. The lowest BCUT2D eigenvalue weighted by molar-refractivity contribution is -0.151. The van der Waals surface area contributed by atoms with Gasteiger partial charge in [0.15, 0.2) is 0 Å². The van der Waals surface area contributed by atoms with E-state index in [-0.39, 0.29) is 0 Å². The Bertz CT molecular complexity index is 407. The van der Waals surface area contributed by atoms with E-state index in [1.54, 1.807) is 0 Å². The van der Waals surface area contributed by atoms with Gasteiger partial charge in [0.1, 0.15) is 11.9 Å². The number of hydrogen-bond acceptors (Lipinski definition) is 1. The molecule has 17 heavy (non-hydrogen) atoms. The van der Waals surface area contributed by atoms with Crippen molar-refractivity contribution in [2.75, 3.05) is 0 Å². The van der Waals surface area contributed by atoms with Crippen LogP contribution in [0.4, 0.5) is 30.7 Å². The van der Waals surface area contributed by atoms with E-state index in [1.807, 2.05) is 0 Å². The van der Waals surface area contributed by atoms with Crippen LogP contribution < -0.4 is 5.73 Å². The van der Waals surface area contributed by atoms with Crippen LogP contribution in [0.2, 0.25) is 0 Å². The maximum Gasteiger partial charge on any atom is 0.419 e. The smallest absolute Gasteiger partial charge is 0.316 e. The molecule has 96 valence electrons. The highest BCUT2D eigenvalue weighted by atomic mass is 19.4. The number of benzene rings is 1. The van der Waals surface area contributed by atoms with Gasteiger partial charge in [-0.3, -0.25) is 0 Å². The van der Waals surface area contributed by atoms with Crippen LogP contribution >= 0.6 is 0 Å². The van der Waals surface area contributed by atoms with Gasteiger partial charge in [0.25, 0.3) is 0 Å². The predicted octanol–water partition coefficient (Wildman–Crippen LogP) is 3.41.